The first-order valence-corrected chi connectivity index (χ1v) is 20.7. The molecule has 296 valence electrons. The van der Waals surface area contributed by atoms with Crippen molar-refractivity contribution in [2.75, 3.05) is 0 Å². The molecule has 3 N–H and O–H groups in total. The zero-order valence-corrected chi connectivity index (χ0v) is 35.1. The summed E-state index contributed by atoms with van der Waals surface area (Å²) < 4.78 is 0. The van der Waals surface area contributed by atoms with Crippen LogP contribution in [0.15, 0.2) is 218 Å². The van der Waals surface area contributed by atoms with Crippen LogP contribution in [0.1, 0.15) is 60.1 Å². The Morgan fingerprint density at radius 2 is 0.949 bits per heavy atom. The van der Waals surface area contributed by atoms with Crippen LogP contribution >= 0.6 is 0 Å². The van der Waals surface area contributed by atoms with E-state index in [0.717, 1.165) is 11.1 Å². The molecule has 0 saturated heterocycles. The van der Waals surface area contributed by atoms with Crippen molar-refractivity contribution in [3.05, 3.63) is 252 Å². The summed E-state index contributed by atoms with van der Waals surface area (Å²) in [5, 5.41) is 7.95. The lowest BCUT2D eigenvalue weighted by molar-refractivity contribution is 0.739. The first-order chi connectivity index (χ1) is 28.8. The highest BCUT2D eigenvalue weighted by atomic mass is 14.6. The van der Waals surface area contributed by atoms with Gasteiger partial charge in [0.2, 0.25) is 0 Å². The van der Waals surface area contributed by atoms with Crippen molar-refractivity contribution < 1.29 is 0 Å². The van der Waals surface area contributed by atoms with Gasteiger partial charge < -0.3 is 11.1 Å². The molecule has 0 spiro atoms. The summed E-state index contributed by atoms with van der Waals surface area (Å²) >= 11 is 0. The second-order valence-corrected chi connectivity index (χ2v) is 14.9. The summed E-state index contributed by atoms with van der Waals surface area (Å²) in [6.07, 6.45) is 12.2. The molecule has 0 heterocycles. The lowest BCUT2D eigenvalue weighted by Gasteiger charge is -2.11. The van der Waals surface area contributed by atoms with E-state index in [1.165, 1.54) is 69.3 Å². The molecule has 0 bridgehead atoms. The average molecular weight is 771 g/mol. The van der Waals surface area contributed by atoms with E-state index < -0.39 is 0 Å². The predicted octanol–water partition coefficient (Wildman–Crippen LogP) is 15.0. The molecule has 2 heteroatoms. The molecule has 59 heavy (non-hydrogen) atoms. The maximum atomic E-state index is 7.95. The van der Waals surface area contributed by atoms with Gasteiger partial charge in [-0.25, -0.2) is 0 Å². The monoisotopic (exact) mass is 770 g/mol. The summed E-state index contributed by atoms with van der Waals surface area (Å²) in [6.45, 7) is 8.69. The minimum atomic E-state index is 0.423. The van der Waals surface area contributed by atoms with Gasteiger partial charge in [-0.15, -0.1) is 0 Å². The second kappa shape index (κ2) is 23.5. The van der Waals surface area contributed by atoms with Gasteiger partial charge in [0.25, 0.3) is 0 Å². The molecule has 0 aliphatic heterocycles. The van der Waals surface area contributed by atoms with Crippen LogP contribution in [0.4, 0.5) is 0 Å². The Balaban J connectivity index is 0.000000154. The molecule has 0 aromatic heterocycles. The maximum Gasteiger partial charge on any atom is 0.0632 e. The number of nitrogens with two attached hydrogens (primary N) is 1. The van der Waals surface area contributed by atoms with Crippen LogP contribution in [0.25, 0.3) is 33.5 Å². The van der Waals surface area contributed by atoms with Gasteiger partial charge in [0, 0.05) is 5.70 Å². The summed E-state index contributed by atoms with van der Waals surface area (Å²) in [4.78, 5) is 0. The summed E-state index contributed by atoms with van der Waals surface area (Å²) in [7, 11) is 0. The first kappa shape index (κ1) is 43.4. The van der Waals surface area contributed by atoms with Crippen LogP contribution in [0, 0.1) is 25.2 Å². The number of nitrogens with one attached hydrogen (secondary N) is 1. The van der Waals surface area contributed by atoms with Crippen LogP contribution < -0.4 is 5.73 Å². The first-order valence-electron chi connectivity index (χ1n) is 20.7. The fraction of sp³-hybridized carbons (Fsp3) is 0.140. The Morgan fingerprint density at radius 3 is 1.41 bits per heavy atom. The number of hydrogen-bond acceptors (Lipinski definition) is 2. The quantitative estimate of drug-likeness (QED) is 0.149. The Labute approximate surface area is 353 Å². The topological polar surface area (TPSA) is 49.9 Å². The number of hydrogen-bond donors (Lipinski definition) is 2. The van der Waals surface area contributed by atoms with Crippen molar-refractivity contribution in [2.45, 2.75) is 47.0 Å². The van der Waals surface area contributed by atoms with E-state index >= 15 is 0 Å². The molecule has 0 saturated carbocycles. The van der Waals surface area contributed by atoms with Crippen LogP contribution in [0.3, 0.4) is 0 Å². The predicted molar refractivity (Wildman–Crippen MR) is 256 cm³/mol. The van der Waals surface area contributed by atoms with Crippen LogP contribution in [-0.2, 0) is 6.42 Å². The van der Waals surface area contributed by atoms with E-state index in [0.29, 0.717) is 17.3 Å². The zero-order chi connectivity index (χ0) is 41.7. The molecule has 1 aliphatic rings. The van der Waals surface area contributed by atoms with Crippen molar-refractivity contribution >= 4 is 17.0 Å². The van der Waals surface area contributed by atoms with Gasteiger partial charge >= 0.3 is 0 Å². The normalized spacial score (nSPS) is 12.9. The second-order valence-electron chi connectivity index (χ2n) is 14.9. The molecule has 1 unspecified atom stereocenters. The maximum absolute atomic E-state index is 7.95. The van der Waals surface area contributed by atoms with Gasteiger partial charge in [0.05, 0.1) is 5.71 Å². The average Bonchev–Trinajstić information content (AvgIpc) is 3.29. The minimum Gasteiger partial charge on any atom is -0.398 e. The summed E-state index contributed by atoms with van der Waals surface area (Å²) in [6, 6.07) is 66.4. The Hall–Kier alpha value is -6.77. The van der Waals surface area contributed by atoms with E-state index in [1.807, 2.05) is 66.7 Å². The molecule has 7 aromatic rings. The summed E-state index contributed by atoms with van der Waals surface area (Å²) in [5.74, 6) is 0.698. The van der Waals surface area contributed by atoms with Crippen LogP contribution in [0.5, 0.6) is 0 Å². The smallest absolute Gasteiger partial charge is 0.0632 e. The van der Waals surface area contributed by atoms with Crippen molar-refractivity contribution in [1.82, 2.24) is 0 Å². The molecule has 8 rings (SSSR count). The van der Waals surface area contributed by atoms with Crippen molar-refractivity contribution in [3.63, 3.8) is 0 Å². The Bertz CT molecular complexity index is 2350. The minimum absolute atomic E-state index is 0.423. The van der Waals surface area contributed by atoms with Gasteiger partial charge in [-0.3, -0.25) is 0 Å². The van der Waals surface area contributed by atoms with Gasteiger partial charge in [-0.1, -0.05) is 244 Å². The SMILES string of the molecule is CCCc1ccccc1.Cc1ccc(-c2ccc(-c3ccccc3)cc2)cc1.Cc1ccc(C2=CCC(C)C=C2)cc1.N=C(/C=C(\N)c1ccccc1)c1ccccc1. The fourth-order valence-electron chi connectivity index (χ4n) is 6.42. The van der Waals surface area contributed by atoms with E-state index in [-0.39, 0.29) is 0 Å². The highest BCUT2D eigenvalue weighted by molar-refractivity contribution is 6.10. The van der Waals surface area contributed by atoms with Gasteiger partial charge in [-0.05, 0) is 88.8 Å². The third-order valence-electron chi connectivity index (χ3n) is 9.95. The van der Waals surface area contributed by atoms with Gasteiger partial charge in [-0.2, -0.15) is 0 Å². The van der Waals surface area contributed by atoms with Crippen LogP contribution in [-0.4, -0.2) is 5.71 Å². The molecule has 0 radical (unpaired) electrons. The molecule has 2 nitrogen and oxygen atoms in total. The summed E-state index contributed by atoms with van der Waals surface area (Å²) in [5.41, 5.74) is 20.6. The zero-order valence-electron chi connectivity index (χ0n) is 35.1. The molecule has 1 atom stereocenters. The Morgan fingerprint density at radius 1 is 0.542 bits per heavy atom. The number of allylic oxidation sites excluding steroid dienone is 5. The molecule has 0 amide bonds. The standard InChI is InChI=1S/C19H16.C15H14N2.C14H16.C9H12/c1-15-7-9-17(10-8-15)19-13-11-18(12-14-19)16-5-3-2-4-6-16;16-14(12-7-3-1-4-8-12)11-15(17)13-9-5-2-6-10-13;1-11-3-7-13(8-4-11)14-9-5-12(2)6-10-14;1-2-6-9-7-4-3-5-8-9/h2-14H,1H3;1-11,16H,17H2;3-5,7-10,12H,6H2,1-2H3;3-5,7-8H,2,6H2,1H3/b;15-11-,16-14?;;. The molecular formula is C57H58N2. The molecule has 1 aliphatic carbocycles. The fourth-order valence-corrected chi connectivity index (χ4v) is 6.42. The van der Waals surface area contributed by atoms with Crippen molar-refractivity contribution in [3.8, 4) is 22.3 Å². The third-order valence-corrected chi connectivity index (χ3v) is 9.95. The lowest BCUT2D eigenvalue weighted by Crippen LogP contribution is -2.02. The van der Waals surface area contributed by atoms with Gasteiger partial charge in [0.15, 0.2) is 0 Å². The van der Waals surface area contributed by atoms with E-state index in [4.69, 9.17) is 11.1 Å². The highest BCUT2D eigenvalue weighted by Gasteiger charge is 2.05. The number of aryl methyl sites for hydroxylation is 3. The van der Waals surface area contributed by atoms with Crippen LogP contribution in [0.2, 0.25) is 0 Å². The van der Waals surface area contributed by atoms with Crippen molar-refractivity contribution in [1.29, 1.82) is 5.41 Å². The third kappa shape index (κ3) is 14.6. The van der Waals surface area contributed by atoms with E-state index in [1.54, 1.807) is 6.08 Å². The largest absolute Gasteiger partial charge is 0.398 e. The van der Waals surface area contributed by atoms with Gasteiger partial charge in [0.1, 0.15) is 0 Å². The highest BCUT2D eigenvalue weighted by Crippen LogP contribution is 2.26. The van der Waals surface area contributed by atoms with E-state index in [9.17, 15) is 0 Å². The Kier molecular flexibility index (Phi) is 17.2. The molecular weight excluding hydrogens is 713 g/mol. The lowest BCUT2D eigenvalue weighted by atomic mass is 9.94. The number of rotatable bonds is 8. The van der Waals surface area contributed by atoms with E-state index in [2.05, 4.69) is 173 Å². The van der Waals surface area contributed by atoms with Crippen molar-refractivity contribution in [2.24, 2.45) is 11.7 Å². The number of benzene rings is 7. The molecule has 7 aromatic carbocycles. The molecule has 0 fully saturated rings.